The van der Waals surface area contributed by atoms with Crippen LogP contribution in [0.4, 0.5) is 5.82 Å². The fraction of sp³-hybridized carbons (Fsp3) is 0.375. The van der Waals surface area contributed by atoms with Gasteiger partial charge in [0, 0.05) is 30.1 Å². The number of aryl methyl sites for hydroxylation is 1. The number of amides is 1. The molecule has 0 bridgehead atoms. The van der Waals surface area contributed by atoms with Crippen molar-refractivity contribution in [1.29, 1.82) is 0 Å². The molecular formula is C24H26ClN7O5. The van der Waals surface area contributed by atoms with E-state index in [0.717, 1.165) is 11.3 Å². The summed E-state index contributed by atoms with van der Waals surface area (Å²) >= 11 is 6.24. The van der Waals surface area contributed by atoms with Gasteiger partial charge in [0.2, 0.25) is 5.91 Å². The number of nitrogens with one attached hydrogen (secondary N) is 2. The summed E-state index contributed by atoms with van der Waals surface area (Å²) in [5, 5.41) is 31.4. The van der Waals surface area contributed by atoms with Crippen molar-refractivity contribution < 1.29 is 24.3 Å². The molecule has 0 saturated heterocycles. The zero-order valence-electron chi connectivity index (χ0n) is 20.1. The third kappa shape index (κ3) is 5.22. The van der Waals surface area contributed by atoms with Gasteiger partial charge in [-0.05, 0) is 31.5 Å². The van der Waals surface area contributed by atoms with Crippen LogP contribution in [0.1, 0.15) is 36.4 Å². The summed E-state index contributed by atoms with van der Waals surface area (Å²) in [5.41, 5.74) is 2.55. The highest BCUT2D eigenvalue weighted by Gasteiger charge is 2.43. The van der Waals surface area contributed by atoms with Crippen LogP contribution in [0.2, 0.25) is 5.02 Å². The second-order valence-corrected chi connectivity index (χ2v) is 9.40. The lowest BCUT2D eigenvalue weighted by Gasteiger charge is -2.18. The van der Waals surface area contributed by atoms with Crippen molar-refractivity contribution in [1.82, 2.24) is 30.0 Å². The van der Waals surface area contributed by atoms with Crippen molar-refractivity contribution in [3.8, 4) is 5.75 Å². The van der Waals surface area contributed by atoms with Gasteiger partial charge in [-0.1, -0.05) is 16.8 Å². The maximum atomic E-state index is 11.5. The SMILES string of the molecule is CC(=O)N[C@H]1C[C@@H](n2cnc3c(NCc4cc(Cl)ccc4OCc4cc(C)no4)ncnc32)[C@H](O)[C@@H]1O. The number of halogens is 1. The van der Waals surface area contributed by atoms with Crippen LogP contribution in [0, 0.1) is 6.92 Å². The first-order valence-corrected chi connectivity index (χ1v) is 12.1. The first-order valence-electron chi connectivity index (χ1n) is 11.7. The Morgan fingerprint density at radius 1 is 1.24 bits per heavy atom. The van der Waals surface area contributed by atoms with Gasteiger partial charge in [-0.2, -0.15) is 0 Å². The summed E-state index contributed by atoms with van der Waals surface area (Å²) in [4.78, 5) is 24.6. The average Bonchev–Trinajstić information content (AvgIpc) is 3.56. The predicted molar refractivity (Wildman–Crippen MR) is 133 cm³/mol. The second-order valence-electron chi connectivity index (χ2n) is 8.97. The van der Waals surface area contributed by atoms with E-state index in [4.69, 9.17) is 20.9 Å². The van der Waals surface area contributed by atoms with Gasteiger partial charge in [0.15, 0.2) is 17.2 Å². The minimum Gasteiger partial charge on any atom is -0.485 e. The number of benzene rings is 1. The molecule has 4 N–H and O–H groups in total. The van der Waals surface area contributed by atoms with Gasteiger partial charge in [-0.3, -0.25) is 4.79 Å². The molecule has 1 fully saturated rings. The Morgan fingerprint density at radius 2 is 2.08 bits per heavy atom. The topological polar surface area (TPSA) is 160 Å². The Morgan fingerprint density at radius 3 is 2.84 bits per heavy atom. The number of ether oxygens (including phenoxy) is 1. The number of rotatable bonds is 8. The molecule has 1 aromatic carbocycles. The third-order valence-electron chi connectivity index (χ3n) is 6.27. The molecule has 13 heteroatoms. The van der Waals surface area contributed by atoms with Gasteiger partial charge < -0.3 is 34.7 Å². The minimum absolute atomic E-state index is 0.215. The predicted octanol–water partition coefficient (Wildman–Crippen LogP) is 2.14. The smallest absolute Gasteiger partial charge is 0.217 e. The quantitative estimate of drug-likeness (QED) is 0.267. The Bertz CT molecular complexity index is 1420. The van der Waals surface area contributed by atoms with Gasteiger partial charge in [0.05, 0.1) is 24.1 Å². The van der Waals surface area contributed by atoms with Crippen LogP contribution in [0.5, 0.6) is 5.75 Å². The van der Waals surface area contributed by atoms with E-state index in [9.17, 15) is 15.0 Å². The molecule has 0 radical (unpaired) electrons. The van der Waals surface area contributed by atoms with E-state index in [1.807, 2.05) is 6.92 Å². The van der Waals surface area contributed by atoms with Crippen LogP contribution < -0.4 is 15.4 Å². The van der Waals surface area contributed by atoms with Crippen LogP contribution in [0.15, 0.2) is 41.4 Å². The molecule has 3 aromatic heterocycles. The van der Waals surface area contributed by atoms with Gasteiger partial charge in [0.25, 0.3) is 0 Å². The highest BCUT2D eigenvalue weighted by atomic mass is 35.5. The van der Waals surface area contributed by atoms with Crippen LogP contribution in [-0.2, 0) is 17.9 Å². The number of hydrogen-bond acceptors (Lipinski definition) is 10. The van der Waals surface area contributed by atoms with Crippen molar-refractivity contribution in [2.75, 3.05) is 5.32 Å². The number of aromatic nitrogens is 5. The van der Waals surface area contributed by atoms with Crippen molar-refractivity contribution in [3.63, 3.8) is 0 Å². The van der Waals surface area contributed by atoms with Crippen molar-refractivity contribution in [3.05, 3.63) is 59.0 Å². The first-order chi connectivity index (χ1) is 17.8. The molecule has 5 rings (SSSR count). The first kappa shape index (κ1) is 24.9. The second kappa shape index (κ2) is 10.3. The largest absolute Gasteiger partial charge is 0.485 e. The molecule has 0 spiro atoms. The minimum atomic E-state index is -1.10. The van der Waals surface area contributed by atoms with E-state index in [0.29, 0.717) is 46.5 Å². The molecule has 0 aliphatic heterocycles. The fourth-order valence-electron chi connectivity index (χ4n) is 4.55. The lowest BCUT2D eigenvalue weighted by atomic mass is 10.2. The standard InChI is InChI=1S/C24H26ClN7O5/c1-12-5-16(37-31-12)9-36-19-4-3-15(25)6-14(19)8-26-23-20-24(28-10-27-23)32(11-29-20)18-7-17(30-13(2)33)21(34)22(18)35/h3-6,10-11,17-18,21-22,34-35H,7-9H2,1-2H3,(H,30,33)(H,26,27,28)/t17-,18+,21+,22-/m0/s1. The molecule has 1 aliphatic carbocycles. The highest BCUT2D eigenvalue weighted by Crippen LogP contribution is 2.34. The van der Waals surface area contributed by atoms with Crippen LogP contribution in [0.3, 0.4) is 0 Å². The van der Waals surface area contributed by atoms with Crippen molar-refractivity contribution >= 4 is 34.5 Å². The molecule has 4 aromatic rings. The monoisotopic (exact) mass is 527 g/mol. The maximum absolute atomic E-state index is 11.5. The summed E-state index contributed by atoms with van der Waals surface area (Å²) < 4.78 is 12.8. The highest BCUT2D eigenvalue weighted by molar-refractivity contribution is 6.30. The summed E-state index contributed by atoms with van der Waals surface area (Å²) in [6, 6.07) is 6.03. The Balaban J connectivity index is 1.34. The van der Waals surface area contributed by atoms with Crippen LogP contribution in [-0.4, -0.2) is 59.0 Å². The molecule has 1 aliphatic rings. The molecule has 12 nitrogen and oxygen atoms in total. The number of aliphatic hydroxyl groups is 2. The number of carbonyl (C=O) groups excluding carboxylic acids is 1. The summed E-state index contributed by atoms with van der Waals surface area (Å²) in [6.45, 7) is 3.76. The Hall–Kier alpha value is -3.74. The Kier molecular flexibility index (Phi) is 6.96. The van der Waals surface area contributed by atoms with Crippen molar-refractivity contribution in [2.24, 2.45) is 0 Å². The maximum Gasteiger partial charge on any atom is 0.217 e. The molecule has 4 atom stereocenters. The van der Waals surface area contributed by atoms with E-state index in [1.54, 1.807) is 35.2 Å². The van der Waals surface area contributed by atoms with Crippen LogP contribution in [0.25, 0.3) is 11.2 Å². The normalized spacial score (nSPS) is 21.3. The molecule has 1 amide bonds. The number of hydrogen-bond donors (Lipinski definition) is 4. The molecule has 1 saturated carbocycles. The van der Waals surface area contributed by atoms with Gasteiger partial charge in [-0.15, -0.1) is 0 Å². The van der Waals surface area contributed by atoms with E-state index in [-0.39, 0.29) is 12.5 Å². The van der Waals surface area contributed by atoms with Crippen molar-refractivity contribution in [2.45, 2.75) is 57.7 Å². The lowest BCUT2D eigenvalue weighted by molar-refractivity contribution is -0.120. The number of anilines is 1. The van der Waals surface area contributed by atoms with Gasteiger partial charge >= 0.3 is 0 Å². The van der Waals surface area contributed by atoms with Crippen LogP contribution >= 0.6 is 11.6 Å². The van der Waals surface area contributed by atoms with E-state index in [1.165, 1.54) is 13.3 Å². The molecule has 194 valence electrons. The summed E-state index contributed by atoms with van der Waals surface area (Å²) in [7, 11) is 0. The number of carbonyl (C=O) groups is 1. The van der Waals surface area contributed by atoms with Gasteiger partial charge in [-0.25, -0.2) is 15.0 Å². The van der Waals surface area contributed by atoms with E-state index >= 15 is 0 Å². The third-order valence-corrected chi connectivity index (χ3v) is 6.51. The van der Waals surface area contributed by atoms with Gasteiger partial charge in [0.1, 0.15) is 36.4 Å². The lowest BCUT2D eigenvalue weighted by Crippen LogP contribution is -2.42. The number of nitrogens with zero attached hydrogens (tertiary/aromatic N) is 5. The molecule has 37 heavy (non-hydrogen) atoms. The fourth-order valence-corrected chi connectivity index (χ4v) is 4.75. The molecular weight excluding hydrogens is 502 g/mol. The number of fused-ring (bicyclic) bond motifs is 1. The molecule has 0 unspecified atom stereocenters. The van der Waals surface area contributed by atoms with E-state index < -0.39 is 24.3 Å². The average molecular weight is 528 g/mol. The summed E-state index contributed by atoms with van der Waals surface area (Å²) in [5.74, 6) is 1.43. The zero-order chi connectivity index (χ0) is 26.1. The zero-order valence-corrected chi connectivity index (χ0v) is 20.9. The number of imidazole rings is 1. The summed E-state index contributed by atoms with van der Waals surface area (Å²) in [6.07, 6.45) is 1.07. The van der Waals surface area contributed by atoms with E-state index in [2.05, 4.69) is 30.7 Å². The Labute approximate surface area is 216 Å². The molecule has 3 heterocycles. The number of aliphatic hydroxyl groups excluding tert-OH is 2.